The van der Waals surface area contributed by atoms with E-state index in [1.54, 1.807) is 48.5 Å². The molecule has 0 saturated heterocycles. The zero-order chi connectivity index (χ0) is 40.3. The van der Waals surface area contributed by atoms with Crippen LogP contribution in [0.5, 0.6) is 5.88 Å². The fourth-order valence-corrected chi connectivity index (χ4v) is 6.15. The molecule has 0 aromatic carbocycles. The molecule has 0 N–H and O–H groups in total. The maximum absolute atomic E-state index is 16.7. The van der Waals surface area contributed by atoms with Crippen LogP contribution in [-0.2, 0) is 25.5 Å². The van der Waals surface area contributed by atoms with E-state index in [1.807, 2.05) is 0 Å². The number of alkyl halides is 3. The highest BCUT2D eigenvalue weighted by molar-refractivity contribution is 7.90. The molecule has 0 radical (unpaired) electrons. The fourth-order valence-electron chi connectivity index (χ4n) is 5.64. The SMILES string of the molecule is Cc1nc(C)c(C(F)(F)F)c(-c2nc3c4c(nc(S(C)(=O)=O)nc4c2F)N([C@H](C)c2cccnc2N(C(=O)OC(C)(C)C)C(=O)OC(C)(C)C)CCO3)n1. The molecule has 0 unspecified atom stereocenters. The van der Waals surface area contributed by atoms with Gasteiger partial charge in [0.05, 0.1) is 18.3 Å². The Hall–Kier alpha value is -5.27. The minimum Gasteiger partial charge on any atom is -0.475 e. The molecule has 4 aromatic rings. The molecule has 5 heterocycles. The minimum atomic E-state index is -5.03. The molecular weight excluding hydrogens is 740 g/mol. The second-order valence-corrected chi connectivity index (χ2v) is 16.3. The number of carbonyl (C=O) groups excluding carboxylic acids is 2. The number of aromatic nitrogens is 6. The number of sulfone groups is 1. The molecule has 1 atom stereocenters. The zero-order valence-corrected chi connectivity index (χ0v) is 31.9. The largest absolute Gasteiger partial charge is 0.475 e. The Bertz CT molecular complexity index is 2250. The molecule has 2 amide bonds. The monoisotopic (exact) mass is 778 g/mol. The van der Waals surface area contributed by atoms with E-state index >= 15 is 4.39 Å². The number of hydrogen-bond acceptors (Lipinski definition) is 14. The first kappa shape index (κ1) is 39.9. The molecule has 0 bridgehead atoms. The van der Waals surface area contributed by atoms with Gasteiger partial charge in [-0.3, -0.25) is 0 Å². The van der Waals surface area contributed by atoms with Gasteiger partial charge in [0.1, 0.15) is 57.3 Å². The summed E-state index contributed by atoms with van der Waals surface area (Å²) in [5, 5.41) is -1.11. The van der Waals surface area contributed by atoms with E-state index in [0.29, 0.717) is 4.90 Å². The van der Waals surface area contributed by atoms with Gasteiger partial charge in [0, 0.05) is 18.0 Å². The summed E-state index contributed by atoms with van der Waals surface area (Å²) < 4.78 is 103. The van der Waals surface area contributed by atoms with Gasteiger partial charge in [0.25, 0.3) is 0 Å². The van der Waals surface area contributed by atoms with Crippen LogP contribution in [0.2, 0.25) is 0 Å². The van der Waals surface area contributed by atoms with Crippen molar-refractivity contribution in [3.63, 3.8) is 0 Å². The number of hydrogen-bond donors (Lipinski definition) is 0. The third kappa shape index (κ3) is 8.12. The van der Waals surface area contributed by atoms with Crippen molar-refractivity contribution >= 4 is 44.6 Å². The molecule has 4 aromatic heterocycles. The standard InChI is InChI=1S/C34H38F4N8O7S/c1-16-21(34(36,37)38)24(41-18(3)40-16)25-22(35)23-20-27(44-29(43-23)54(10,49)50)45(14-15-51-28(20)42-25)17(2)19-12-11-13-39-26(19)46(30(47)52-32(4,5)6)31(48)53-33(7,8)9/h11-13,17H,14-15H2,1-10H3/t17-/m1/s1. The third-order valence-electron chi connectivity index (χ3n) is 7.70. The first-order chi connectivity index (χ1) is 24.8. The predicted octanol–water partition coefficient (Wildman–Crippen LogP) is 6.69. The third-order valence-corrected chi connectivity index (χ3v) is 8.54. The zero-order valence-electron chi connectivity index (χ0n) is 31.1. The summed E-state index contributed by atoms with van der Waals surface area (Å²) in [6, 6.07) is 2.11. The molecule has 54 heavy (non-hydrogen) atoms. The highest BCUT2D eigenvalue weighted by Gasteiger charge is 2.41. The summed E-state index contributed by atoms with van der Waals surface area (Å²) in [6.07, 6.45) is -5.14. The lowest BCUT2D eigenvalue weighted by Gasteiger charge is -2.33. The Balaban J connectivity index is 1.77. The number of carbonyl (C=O) groups is 2. The molecule has 0 saturated carbocycles. The maximum Gasteiger partial charge on any atom is 0.425 e. The number of ether oxygens (including phenoxy) is 3. The Kier molecular flexibility index (Phi) is 10.2. The van der Waals surface area contributed by atoms with Crippen LogP contribution in [-0.4, -0.2) is 81.1 Å². The molecule has 0 aliphatic carbocycles. The molecule has 15 nitrogen and oxygen atoms in total. The molecule has 290 valence electrons. The second-order valence-electron chi connectivity index (χ2n) is 14.4. The maximum atomic E-state index is 16.7. The summed E-state index contributed by atoms with van der Waals surface area (Å²) in [6.45, 7) is 13.3. The topological polar surface area (TPSA) is 180 Å². The predicted molar refractivity (Wildman–Crippen MR) is 186 cm³/mol. The first-order valence-corrected chi connectivity index (χ1v) is 18.3. The highest BCUT2D eigenvalue weighted by Crippen LogP contribution is 2.44. The van der Waals surface area contributed by atoms with Crippen molar-refractivity contribution in [1.82, 2.24) is 29.9 Å². The molecular formula is C34H38F4N8O7S. The van der Waals surface area contributed by atoms with Crippen molar-refractivity contribution in [2.24, 2.45) is 0 Å². The lowest BCUT2D eigenvalue weighted by Crippen LogP contribution is -2.45. The number of anilines is 2. The van der Waals surface area contributed by atoms with Gasteiger partial charge in [-0.15, -0.1) is 0 Å². The van der Waals surface area contributed by atoms with Crippen LogP contribution >= 0.6 is 0 Å². The fraction of sp³-hybridized carbons (Fsp3) is 0.471. The van der Waals surface area contributed by atoms with Gasteiger partial charge >= 0.3 is 18.4 Å². The van der Waals surface area contributed by atoms with Crippen LogP contribution in [0.1, 0.15) is 77.2 Å². The van der Waals surface area contributed by atoms with Crippen molar-refractivity contribution in [3.8, 4) is 17.3 Å². The van der Waals surface area contributed by atoms with E-state index in [2.05, 4.69) is 29.9 Å². The summed E-state index contributed by atoms with van der Waals surface area (Å²) in [7, 11) is -4.28. The Morgan fingerprint density at radius 1 is 0.944 bits per heavy atom. The Morgan fingerprint density at radius 2 is 1.56 bits per heavy atom. The number of halogens is 4. The number of nitrogens with zero attached hydrogens (tertiary/aromatic N) is 8. The van der Waals surface area contributed by atoms with Gasteiger partial charge in [-0.2, -0.15) is 18.1 Å². The van der Waals surface area contributed by atoms with Crippen molar-refractivity contribution in [3.05, 3.63) is 46.8 Å². The Morgan fingerprint density at radius 3 is 2.11 bits per heavy atom. The summed E-state index contributed by atoms with van der Waals surface area (Å²) in [5.41, 5.74) is -6.23. The molecule has 0 spiro atoms. The molecule has 1 aliphatic heterocycles. The van der Waals surface area contributed by atoms with Gasteiger partial charge in [-0.1, -0.05) is 6.07 Å². The summed E-state index contributed by atoms with van der Waals surface area (Å²) >= 11 is 0. The van der Waals surface area contributed by atoms with Gasteiger partial charge < -0.3 is 19.1 Å². The van der Waals surface area contributed by atoms with Crippen LogP contribution in [0.25, 0.3) is 22.3 Å². The van der Waals surface area contributed by atoms with E-state index < -0.39 is 90.5 Å². The van der Waals surface area contributed by atoms with E-state index in [0.717, 1.165) is 13.2 Å². The molecule has 5 rings (SSSR count). The second kappa shape index (κ2) is 13.9. The van der Waals surface area contributed by atoms with Gasteiger partial charge in [0.2, 0.25) is 20.9 Å². The van der Waals surface area contributed by atoms with Crippen LogP contribution < -0.4 is 14.5 Å². The van der Waals surface area contributed by atoms with Crippen LogP contribution in [0, 0.1) is 19.7 Å². The van der Waals surface area contributed by atoms with E-state index in [4.69, 9.17) is 14.2 Å². The van der Waals surface area contributed by atoms with Crippen molar-refractivity contribution in [2.45, 2.75) is 90.9 Å². The number of pyridine rings is 2. The van der Waals surface area contributed by atoms with Gasteiger partial charge in [-0.05, 0) is 68.4 Å². The molecule has 0 fully saturated rings. The average Bonchev–Trinajstić information content (AvgIpc) is 3.19. The van der Waals surface area contributed by atoms with Crippen LogP contribution in [0.15, 0.2) is 23.5 Å². The lowest BCUT2D eigenvalue weighted by atomic mass is 10.1. The van der Waals surface area contributed by atoms with Crippen LogP contribution in [0.3, 0.4) is 0 Å². The van der Waals surface area contributed by atoms with Crippen LogP contribution in [0.4, 0.5) is 38.8 Å². The van der Waals surface area contributed by atoms with Crippen molar-refractivity contribution in [2.75, 3.05) is 29.2 Å². The van der Waals surface area contributed by atoms with Crippen molar-refractivity contribution in [1.29, 1.82) is 0 Å². The van der Waals surface area contributed by atoms with Gasteiger partial charge in [0.15, 0.2) is 11.6 Å². The number of aryl methyl sites for hydroxylation is 2. The quantitative estimate of drug-likeness (QED) is 0.154. The normalized spacial score (nSPS) is 14.3. The molecule has 20 heteroatoms. The first-order valence-electron chi connectivity index (χ1n) is 16.4. The van der Waals surface area contributed by atoms with Crippen molar-refractivity contribution < 1.29 is 49.8 Å². The van der Waals surface area contributed by atoms with E-state index in [9.17, 15) is 31.2 Å². The number of rotatable bonds is 5. The number of imide groups is 1. The average molecular weight is 779 g/mol. The van der Waals surface area contributed by atoms with Gasteiger partial charge in [-0.25, -0.2) is 52.3 Å². The highest BCUT2D eigenvalue weighted by atomic mass is 32.2. The van der Waals surface area contributed by atoms with E-state index in [1.165, 1.54) is 30.2 Å². The van der Waals surface area contributed by atoms with E-state index in [-0.39, 0.29) is 41.6 Å². The smallest absolute Gasteiger partial charge is 0.425 e. The lowest BCUT2D eigenvalue weighted by molar-refractivity contribution is -0.138. The number of amides is 2. The molecule has 1 aliphatic rings. The summed E-state index contributed by atoms with van der Waals surface area (Å²) in [4.78, 5) is 53.7. The summed E-state index contributed by atoms with van der Waals surface area (Å²) in [5.74, 6) is -2.36. The Labute approximate surface area is 308 Å². The minimum absolute atomic E-state index is 0.101.